The Labute approximate surface area is 99.4 Å². The largest absolute Gasteiger partial charge is 0.298 e. The zero-order valence-corrected chi connectivity index (χ0v) is 11.0. The normalized spacial score (nSPS) is 27.3. The van der Waals surface area contributed by atoms with Crippen molar-refractivity contribution >= 4 is 5.78 Å². The summed E-state index contributed by atoms with van der Waals surface area (Å²) in [4.78, 5) is 14.3. The highest BCUT2D eigenvalue weighted by Gasteiger charge is 2.42. The molecule has 0 unspecified atom stereocenters. The third-order valence-corrected chi connectivity index (χ3v) is 4.33. The number of hydrogen-bond donors (Lipinski definition) is 0. The fraction of sp³-hybridized carbons (Fsp3) is 0.929. The van der Waals surface area contributed by atoms with E-state index in [2.05, 4.69) is 25.7 Å². The van der Waals surface area contributed by atoms with Crippen molar-refractivity contribution in [2.24, 2.45) is 5.41 Å². The first-order valence-electron chi connectivity index (χ1n) is 6.68. The van der Waals surface area contributed by atoms with Crippen molar-refractivity contribution in [3.05, 3.63) is 0 Å². The molecule has 1 saturated heterocycles. The Kier molecular flexibility index (Phi) is 3.13. The molecule has 0 amide bonds. The lowest BCUT2D eigenvalue weighted by Gasteiger charge is -2.49. The molecule has 2 heteroatoms. The third kappa shape index (κ3) is 2.48. The Bertz CT molecular complexity index is 271. The van der Waals surface area contributed by atoms with Crippen LogP contribution in [0.2, 0.25) is 0 Å². The lowest BCUT2D eigenvalue weighted by atomic mass is 9.68. The Morgan fingerprint density at radius 3 is 2.31 bits per heavy atom. The Morgan fingerprint density at radius 2 is 1.75 bits per heavy atom. The summed E-state index contributed by atoms with van der Waals surface area (Å²) in [6.45, 7) is 8.49. The van der Waals surface area contributed by atoms with Crippen LogP contribution in [0.3, 0.4) is 0 Å². The number of nitrogens with zero attached hydrogens (tertiary/aromatic N) is 1. The van der Waals surface area contributed by atoms with Crippen LogP contribution in [0.1, 0.15) is 59.3 Å². The second-order valence-electron chi connectivity index (χ2n) is 6.80. The van der Waals surface area contributed by atoms with Crippen molar-refractivity contribution < 1.29 is 4.79 Å². The van der Waals surface area contributed by atoms with Crippen LogP contribution in [-0.2, 0) is 4.79 Å². The van der Waals surface area contributed by atoms with Gasteiger partial charge in [-0.25, -0.2) is 0 Å². The zero-order chi connectivity index (χ0) is 11.8. The van der Waals surface area contributed by atoms with Crippen molar-refractivity contribution in [1.29, 1.82) is 0 Å². The van der Waals surface area contributed by atoms with Gasteiger partial charge in [0.2, 0.25) is 0 Å². The number of hydrogen-bond acceptors (Lipinski definition) is 2. The fourth-order valence-corrected chi connectivity index (χ4v) is 3.31. The topological polar surface area (TPSA) is 20.3 Å². The molecule has 0 N–H and O–H groups in total. The van der Waals surface area contributed by atoms with Gasteiger partial charge in [0, 0.05) is 18.5 Å². The van der Waals surface area contributed by atoms with Gasteiger partial charge in [-0.2, -0.15) is 0 Å². The quantitative estimate of drug-likeness (QED) is 0.629. The maximum Gasteiger partial charge on any atom is 0.147 e. The van der Waals surface area contributed by atoms with Crippen LogP contribution < -0.4 is 0 Å². The number of rotatable bonds is 0. The van der Waals surface area contributed by atoms with E-state index in [0.29, 0.717) is 17.7 Å². The summed E-state index contributed by atoms with van der Waals surface area (Å²) in [6, 6.07) is 0. The lowest BCUT2D eigenvalue weighted by Crippen LogP contribution is -2.55. The van der Waals surface area contributed by atoms with Gasteiger partial charge in [-0.05, 0) is 39.0 Å². The monoisotopic (exact) mass is 223 g/mol. The van der Waals surface area contributed by atoms with E-state index in [0.717, 1.165) is 13.0 Å². The predicted molar refractivity (Wildman–Crippen MR) is 66.5 cm³/mol. The van der Waals surface area contributed by atoms with Gasteiger partial charge in [0.25, 0.3) is 0 Å². The highest BCUT2D eigenvalue weighted by molar-refractivity contribution is 5.82. The van der Waals surface area contributed by atoms with Crippen LogP contribution in [0.15, 0.2) is 0 Å². The average Bonchev–Trinajstić information content (AvgIpc) is 2.16. The van der Waals surface area contributed by atoms with Gasteiger partial charge in [-0.3, -0.25) is 9.69 Å². The molecule has 92 valence electrons. The van der Waals surface area contributed by atoms with Crippen molar-refractivity contribution in [3.63, 3.8) is 0 Å². The summed E-state index contributed by atoms with van der Waals surface area (Å²) in [5.74, 6) is 0.461. The highest BCUT2D eigenvalue weighted by atomic mass is 16.1. The van der Waals surface area contributed by atoms with E-state index in [-0.39, 0.29) is 5.54 Å². The highest BCUT2D eigenvalue weighted by Crippen LogP contribution is 2.43. The molecule has 1 spiro atoms. The van der Waals surface area contributed by atoms with Gasteiger partial charge in [-0.1, -0.05) is 19.3 Å². The zero-order valence-electron chi connectivity index (χ0n) is 11.0. The van der Waals surface area contributed by atoms with Crippen molar-refractivity contribution in [2.45, 2.75) is 64.8 Å². The van der Waals surface area contributed by atoms with E-state index in [4.69, 9.17) is 0 Å². The molecule has 1 aliphatic carbocycles. The van der Waals surface area contributed by atoms with Crippen LogP contribution in [0.25, 0.3) is 0 Å². The van der Waals surface area contributed by atoms with E-state index >= 15 is 0 Å². The second kappa shape index (κ2) is 4.14. The Balaban J connectivity index is 2.13. The first kappa shape index (κ1) is 12.1. The average molecular weight is 223 g/mol. The molecular weight excluding hydrogens is 198 g/mol. The number of ketones is 1. The molecule has 1 saturated carbocycles. The fourth-order valence-electron chi connectivity index (χ4n) is 3.31. The SMILES string of the molecule is CC(C)(C)N1CC(=O)CC2(CCCCC2)C1. The van der Waals surface area contributed by atoms with Crippen LogP contribution in [0.5, 0.6) is 0 Å². The number of carbonyl (C=O) groups excluding carboxylic acids is 1. The minimum absolute atomic E-state index is 0.139. The van der Waals surface area contributed by atoms with Crippen molar-refractivity contribution in [3.8, 4) is 0 Å². The molecule has 0 aromatic heterocycles. The predicted octanol–water partition coefficient (Wildman–Crippen LogP) is 3.01. The van der Waals surface area contributed by atoms with Gasteiger partial charge >= 0.3 is 0 Å². The molecule has 1 aliphatic heterocycles. The summed E-state index contributed by atoms with van der Waals surface area (Å²) in [6.07, 6.45) is 7.40. The summed E-state index contributed by atoms with van der Waals surface area (Å²) >= 11 is 0. The maximum absolute atomic E-state index is 12.0. The first-order valence-corrected chi connectivity index (χ1v) is 6.68. The minimum Gasteiger partial charge on any atom is -0.298 e. The maximum atomic E-state index is 12.0. The molecule has 0 atom stereocenters. The molecule has 2 fully saturated rings. The van der Waals surface area contributed by atoms with Crippen LogP contribution in [0.4, 0.5) is 0 Å². The van der Waals surface area contributed by atoms with E-state index in [1.54, 1.807) is 0 Å². The third-order valence-electron chi connectivity index (χ3n) is 4.33. The van der Waals surface area contributed by atoms with E-state index in [1.165, 1.54) is 32.1 Å². The van der Waals surface area contributed by atoms with E-state index in [9.17, 15) is 4.79 Å². The minimum atomic E-state index is 0.139. The van der Waals surface area contributed by atoms with Crippen molar-refractivity contribution in [2.75, 3.05) is 13.1 Å². The van der Waals surface area contributed by atoms with Crippen LogP contribution in [0, 0.1) is 5.41 Å². The summed E-state index contributed by atoms with van der Waals surface area (Å²) < 4.78 is 0. The van der Waals surface area contributed by atoms with Crippen LogP contribution >= 0.6 is 0 Å². The molecule has 2 aliphatic rings. The number of carbonyl (C=O) groups is 1. The smallest absolute Gasteiger partial charge is 0.147 e. The van der Waals surface area contributed by atoms with Gasteiger partial charge in [0.1, 0.15) is 5.78 Å². The second-order valence-corrected chi connectivity index (χ2v) is 6.80. The van der Waals surface area contributed by atoms with E-state index in [1.807, 2.05) is 0 Å². The van der Waals surface area contributed by atoms with Gasteiger partial charge in [-0.15, -0.1) is 0 Å². The van der Waals surface area contributed by atoms with Gasteiger partial charge in [0.15, 0.2) is 0 Å². The molecule has 0 radical (unpaired) electrons. The summed E-state index contributed by atoms with van der Waals surface area (Å²) in [5.41, 5.74) is 0.474. The molecule has 0 aromatic carbocycles. The van der Waals surface area contributed by atoms with Gasteiger partial charge in [0.05, 0.1) is 6.54 Å². The Morgan fingerprint density at radius 1 is 1.12 bits per heavy atom. The lowest BCUT2D eigenvalue weighted by molar-refractivity contribution is -0.131. The van der Waals surface area contributed by atoms with Gasteiger partial charge < -0.3 is 0 Å². The molecule has 0 aromatic rings. The van der Waals surface area contributed by atoms with Crippen molar-refractivity contribution in [1.82, 2.24) is 4.90 Å². The molecular formula is C14H25NO. The molecule has 2 nitrogen and oxygen atoms in total. The molecule has 16 heavy (non-hydrogen) atoms. The number of Topliss-reactive ketones (excluding diaryl/α,β-unsaturated/α-hetero) is 1. The van der Waals surface area contributed by atoms with Crippen LogP contribution in [-0.4, -0.2) is 29.3 Å². The standard InChI is InChI=1S/C14H25NO/c1-13(2,3)15-10-12(16)9-14(11-15)7-5-4-6-8-14/h4-11H2,1-3H3. The number of likely N-dealkylation sites (tertiary alicyclic amines) is 1. The summed E-state index contributed by atoms with van der Waals surface area (Å²) in [7, 11) is 0. The number of piperidine rings is 1. The molecule has 2 rings (SSSR count). The molecule has 0 bridgehead atoms. The summed E-state index contributed by atoms with van der Waals surface area (Å²) in [5, 5.41) is 0. The first-order chi connectivity index (χ1) is 7.41. The Hall–Kier alpha value is -0.370. The molecule has 1 heterocycles. The van der Waals surface area contributed by atoms with E-state index < -0.39 is 0 Å².